The zero-order valence-corrected chi connectivity index (χ0v) is 9.92. The molecule has 0 spiro atoms. The molecule has 2 N–H and O–H groups in total. The molecule has 0 aromatic heterocycles. The van der Waals surface area contributed by atoms with E-state index in [4.69, 9.17) is 11.6 Å². The van der Waals surface area contributed by atoms with Crippen LogP contribution in [0.5, 0.6) is 0 Å². The monoisotopic (exact) mass is 281 g/mol. The fraction of sp³-hybridized carbons (Fsp3) is 0.364. The van der Waals surface area contributed by atoms with E-state index in [1.807, 2.05) is 0 Å². The standard InChI is InChI=1S/C11H11ClF3NO2/c12-5-4-9(17)10(18)16-8-3-1-2-7(6-8)11(13,14)15/h1-3,6,9,17H,4-5H2,(H,16,18). The number of alkyl halides is 4. The number of amides is 1. The fourth-order valence-corrected chi connectivity index (χ4v) is 1.44. The highest BCUT2D eigenvalue weighted by Crippen LogP contribution is 2.30. The normalized spacial score (nSPS) is 13.2. The van der Waals surface area contributed by atoms with Gasteiger partial charge in [-0.05, 0) is 24.6 Å². The average molecular weight is 282 g/mol. The quantitative estimate of drug-likeness (QED) is 0.834. The lowest BCUT2D eigenvalue weighted by atomic mass is 10.2. The Kier molecular flexibility index (Phi) is 4.98. The zero-order valence-electron chi connectivity index (χ0n) is 9.17. The van der Waals surface area contributed by atoms with Crippen LogP contribution in [0.1, 0.15) is 12.0 Å². The van der Waals surface area contributed by atoms with Crippen LogP contribution in [0.4, 0.5) is 18.9 Å². The Hall–Kier alpha value is -1.27. The van der Waals surface area contributed by atoms with Crippen molar-refractivity contribution in [3.8, 4) is 0 Å². The molecule has 0 aliphatic rings. The molecular formula is C11H11ClF3NO2. The molecule has 100 valence electrons. The van der Waals surface area contributed by atoms with E-state index in [-0.39, 0.29) is 18.0 Å². The second kappa shape index (κ2) is 6.06. The number of hydrogen-bond donors (Lipinski definition) is 2. The summed E-state index contributed by atoms with van der Waals surface area (Å²) in [6.45, 7) is 0. The molecule has 0 aliphatic carbocycles. The predicted molar refractivity (Wildman–Crippen MR) is 61.4 cm³/mol. The van der Waals surface area contributed by atoms with Crippen LogP contribution in [0, 0.1) is 0 Å². The Morgan fingerprint density at radius 1 is 1.44 bits per heavy atom. The Bertz CT molecular complexity index is 423. The number of anilines is 1. The first-order chi connectivity index (χ1) is 8.34. The molecule has 0 fully saturated rings. The van der Waals surface area contributed by atoms with Gasteiger partial charge in [-0.25, -0.2) is 0 Å². The highest BCUT2D eigenvalue weighted by atomic mass is 35.5. The van der Waals surface area contributed by atoms with Crippen LogP contribution >= 0.6 is 11.6 Å². The van der Waals surface area contributed by atoms with Crippen LogP contribution in [0.25, 0.3) is 0 Å². The zero-order chi connectivity index (χ0) is 13.8. The largest absolute Gasteiger partial charge is 0.416 e. The van der Waals surface area contributed by atoms with Crippen molar-refractivity contribution in [2.45, 2.75) is 18.7 Å². The lowest BCUT2D eigenvalue weighted by Crippen LogP contribution is -2.28. The molecule has 0 radical (unpaired) electrons. The number of hydrogen-bond acceptors (Lipinski definition) is 2. The minimum atomic E-state index is -4.48. The van der Waals surface area contributed by atoms with Gasteiger partial charge in [0.15, 0.2) is 0 Å². The van der Waals surface area contributed by atoms with Crippen LogP contribution in [-0.4, -0.2) is 23.0 Å². The van der Waals surface area contributed by atoms with Gasteiger partial charge in [-0.1, -0.05) is 6.07 Å². The number of aliphatic hydroxyl groups excluding tert-OH is 1. The van der Waals surface area contributed by atoms with Crippen LogP contribution < -0.4 is 5.32 Å². The van der Waals surface area contributed by atoms with Crippen molar-refractivity contribution in [2.75, 3.05) is 11.2 Å². The van der Waals surface area contributed by atoms with Crippen molar-refractivity contribution in [1.29, 1.82) is 0 Å². The molecular weight excluding hydrogens is 271 g/mol. The summed E-state index contributed by atoms with van der Waals surface area (Å²) >= 11 is 5.34. The number of carbonyl (C=O) groups excluding carboxylic acids is 1. The molecule has 0 saturated carbocycles. The summed E-state index contributed by atoms with van der Waals surface area (Å²) in [5.41, 5.74) is -0.893. The summed E-state index contributed by atoms with van der Waals surface area (Å²) in [6.07, 6.45) is -5.78. The molecule has 0 saturated heterocycles. The fourth-order valence-electron chi connectivity index (χ4n) is 1.23. The van der Waals surface area contributed by atoms with E-state index in [0.29, 0.717) is 0 Å². The maximum Gasteiger partial charge on any atom is 0.416 e. The van der Waals surface area contributed by atoms with Gasteiger partial charge in [-0.2, -0.15) is 13.2 Å². The highest BCUT2D eigenvalue weighted by molar-refractivity contribution is 6.18. The van der Waals surface area contributed by atoms with E-state index in [1.165, 1.54) is 12.1 Å². The number of halogens is 4. The predicted octanol–water partition coefficient (Wildman–Crippen LogP) is 2.63. The first kappa shape index (κ1) is 14.8. The lowest BCUT2D eigenvalue weighted by molar-refractivity contribution is -0.137. The second-order valence-corrected chi connectivity index (χ2v) is 3.94. The van der Waals surface area contributed by atoms with Crippen molar-refractivity contribution in [3.05, 3.63) is 29.8 Å². The van der Waals surface area contributed by atoms with Crippen molar-refractivity contribution in [1.82, 2.24) is 0 Å². The van der Waals surface area contributed by atoms with Crippen LogP contribution in [0.15, 0.2) is 24.3 Å². The van der Waals surface area contributed by atoms with Crippen molar-refractivity contribution >= 4 is 23.2 Å². The second-order valence-electron chi connectivity index (χ2n) is 3.56. The SMILES string of the molecule is O=C(Nc1cccc(C(F)(F)F)c1)C(O)CCCl. The summed E-state index contributed by atoms with van der Waals surface area (Å²) in [7, 11) is 0. The molecule has 0 bridgehead atoms. The minimum absolute atomic E-state index is 0.0246. The summed E-state index contributed by atoms with van der Waals surface area (Å²) in [5, 5.41) is 11.5. The topological polar surface area (TPSA) is 49.3 Å². The summed E-state index contributed by atoms with van der Waals surface area (Å²) in [4.78, 5) is 11.4. The van der Waals surface area contributed by atoms with Crippen molar-refractivity contribution < 1.29 is 23.1 Å². The first-order valence-electron chi connectivity index (χ1n) is 5.06. The van der Waals surface area contributed by atoms with E-state index >= 15 is 0 Å². The lowest BCUT2D eigenvalue weighted by Gasteiger charge is -2.12. The Labute approximate surface area is 107 Å². The number of carbonyl (C=O) groups is 1. The summed E-state index contributed by atoms with van der Waals surface area (Å²) in [6, 6.07) is 4.17. The summed E-state index contributed by atoms with van der Waals surface area (Å²) < 4.78 is 37.2. The van der Waals surface area contributed by atoms with Gasteiger partial charge in [-0.3, -0.25) is 4.79 Å². The molecule has 0 aliphatic heterocycles. The van der Waals surface area contributed by atoms with Crippen LogP contribution in [0.2, 0.25) is 0 Å². The van der Waals surface area contributed by atoms with Crippen molar-refractivity contribution in [2.24, 2.45) is 0 Å². The third kappa shape index (κ3) is 4.19. The van der Waals surface area contributed by atoms with E-state index in [1.54, 1.807) is 0 Å². The number of benzene rings is 1. The van der Waals surface area contributed by atoms with Crippen LogP contribution in [-0.2, 0) is 11.0 Å². The van der Waals surface area contributed by atoms with Gasteiger partial charge in [-0.15, -0.1) is 11.6 Å². The van der Waals surface area contributed by atoms with Gasteiger partial charge in [0.25, 0.3) is 5.91 Å². The third-order valence-corrected chi connectivity index (χ3v) is 2.36. The first-order valence-corrected chi connectivity index (χ1v) is 5.60. The molecule has 3 nitrogen and oxygen atoms in total. The van der Waals surface area contributed by atoms with Gasteiger partial charge in [0.1, 0.15) is 6.10 Å². The molecule has 1 amide bonds. The number of rotatable bonds is 4. The van der Waals surface area contributed by atoms with Gasteiger partial charge in [0.05, 0.1) is 5.56 Å². The average Bonchev–Trinajstić information content (AvgIpc) is 2.28. The maximum atomic E-state index is 12.4. The van der Waals surface area contributed by atoms with Crippen LogP contribution in [0.3, 0.4) is 0 Å². The van der Waals surface area contributed by atoms with Gasteiger partial charge >= 0.3 is 6.18 Å². The summed E-state index contributed by atoms with van der Waals surface area (Å²) in [5.74, 6) is -0.702. The van der Waals surface area contributed by atoms with Crippen molar-refractivity contribution in [3.63, 3.8) is 0 Å². The van der Waals surface area contributed by atoms with E-state index in [0.717, 1.165) is 12.1 Å². The molecule has 0 heterocycles. The maximum absolute atomic E-state index is 12.4. The molecule has 1 aromatic carbocycles. The highest BCUT2D eigenvalue weighted by Gasteiger charge is 2.30. The van der Waals surface area contributed by atoms with Gasteiger partial charge in [0.2, 0.25) is 0 Å². The molecule has 1 unspecified atom stereocenters. The Balaban J connectivity index is 2.77. The smallest absolute Gasteiger partial charge is 0.383 e. The third-order valence-electron chi connectivity index (χ3n) is 2.14. The van der Waals surface area contributed by atoms with E-state index < -0.39 is 23.8 Å². The van der Waals surface area contributed by atoms with Gasteiger partial charge < -0.3 is 10.4 Å². The van der Waals surface area contributed by atoms with E-state index in [9.17, 15) is 23.1 Å². The van der Waals surface area contributed by atoms with Gasteiger partial charge in [0, 0.05) is 11.6 Å². The minimum Gasteiger partial charge on any atom is -0.383 e. The molecule has 7 heteroatoms. The molecule has 1 atom stereocenters. The molecule has 1 aromatic rings. The number of nitrogens with one attached hydrogen (secondary N) is 1. The Morgan fingerprint density at radius 3 is 2.67 bits per heavy atom. The molecule has 1 rings (SSSR count). The number of aliphatic hydroxyl groups is 1. The molecule has 18 heavy (non-hydrogen) atoms. The van der Waals surface area contributed by atoms with E-state index in [2.05, 4.69) is 5.32 Å². The Morgan fingerprint density at radius 2 is 2.11 bits per heavy atom.